The highest BCUT2D eigenvalue weighted by molar-refractivity contribution is 9.10. The normalized spacial score (nSPS) is 10.2. The Kier molecular flexibility index (Phi) is 4.59. The minimum absolute atomic E-state index is 0.0531. The van der Waals surface area contributed by atoms with Crippen molar-refractivity contribution >= 4 is 45.1 Å². The van der Waals surface area contributed by atoms with Gasteiger partial charge >= 0.3 is 5.97 Å². The van der Waals surface area contributed by atoms with Crippen molar-refractivity contribution in [2.45, 2.75) is 0 Å². The van der Waals surface area contributed by atoms with Gasteiger partial charge < -0.3 is 10.4 Å². The molecule has 1 amide bonds. The van der Waals surface area contributed by atoms with Crippen LogP contribution in [0.25, 0.3) is 0 Å². The predicted molar refractivity (Wildman–Crippen MR) is 80.5 cm³/mol. The number of carboxylic acid groups (broad SMARTS) is 1. The molecule has 0 saturated carbocycles. The molecule has 0 aliphatic heterocycles. The van der Waals surface area contributed by atoms with E-state index in [0.29, 0.717) is 4.47 Å². The van der Waals surface area contributed by atoms with Crippen LogP contribution in [0.3, 0.4) is 0 Å². The van der Waals surface area contributed by atoms with Gasteiger partial charge in [-0.15, -0.1) is 0 Å². The van der Waals surface area contributed by atoms with Gasteiger partial charge in [0.05, 0.1) is 21.8 Å². The van der Waals surface area contributed by atoms with Crippen LogP contribution in [0, 0.1) is 5.82 Å². The molecule has 0 spiro atoms. The summed E-state index contributed by atoms with van der Waals surface area (Å²) in [6.45, 7) is 0. The summed E-state index contributed by atoms with van der Waals surface area (Å²) in [7, 11) is 0. The lowest BCUT2D eigenvalue weighted by atomic mass is 10.1. The number of halogens is 3. The fraction of sp³-hybridized carbons (Fsp3) is 0. The number of aromatic carboxylic acids is 1. The van der Waals surface area contributed by atoms with Crippen LogP contribution in [-0.4, -0.2) is 17.0 Å². The molecule has 2 aromatic carbocycles. The molecule has 0 bridgehead atoms. The minimum atomic E-state index is -1.18. The number of nitrogens with one attached hydrogen (secondary N) is 1. The second-order valence-corrected chi connectivity index (χ2v) is 5.40. The summed E-state index contributed by atoms with van der Waals surface area (Å²) in [5.74, 6) is -2.37. The quantitative estimate of drug-likeness (QED) is 0.849. The molecule has 2 N–H and O–H groups in total. The summed E-state index contributed by atoms with van der Waals surface area (Å²) >= 11 is 8.95. The number of benzene rings is 2. The first-order chi connectivity index (χ1) is 9.88. The van der Waals surface area contributed by atoms with Crippen LogP contribution in [0.5, 0.6) is 0 Å². The number of carbonyl (C=O) groups excluding carboxylic acids is 1. The van der Waals surface area contributed by atoms with Gasteiger partial charge in [-0.2, -0.15) is 0 Å². The van der Waals surface area contributed by atoms with E-state index >= 15 is 0 Å². The highest BCUT2D eigenvalue weighted by Crippen LogP contribution is 2.23. The van der Waals surface area contributed by atoms with Crippen LogP contribution >= 0.6 is 27.5 Å². The first-order valence-corrected chi connectivity index (χ1v) is 6.85. The van der Waals surface area contributed by atoms with E-state index in [9.17, 15) is 14.0 Å². The van der Waals surface area contributed by atoms with E-state index in [0.717, 1.165) is 12.1 Å². The Bertz CT molecular complexity index is 736. The van der Waals surface area contributed by atoms with E-state index in [1.54, 1.807) is 6.07 Å². The smallest absolute Gasteiger partial charge is 0.337 e. The maximum Gasteiger partial charge on any atom is 0.337 e. The molecule has 2 aromatic rings. The number of hydrogen-bond donors (Lipinski definition) is 2. The lowest BCUT2D eigenvalue weighted by molar-refractivity contribution is 0.0698. The molecule has 0 atom stereocenters. The van der Waals surface area contributed by atoms with Crippen molar-refractivity contribution < 1.29 is 19.1 Å². The van der Waals surface area contributed by atoms with Crippen molar-refractivity contribution in [3.8, 4) is 0 Å². The van der Waals surface area contributed by atoms with E-state index in [2.05, 4.69) is 21.2 Å². The number of anilines is 1. The Morgan fingerprint density at radius 1 is 1.14 bits per heavy atom. The van der Waals surface area contributed by atoms with Crippen molar-refractivity contribution in [2.75, 3.05) is 5.32 Å². The number of carbonyl (C=O) groups is 2. The van der Waals surface area contributed by atoms with Gasteiger partial charge in [0, 0.05) is 4.47 Å². The van der Waals surface area contributed by atoms with Crippen LogP contribution in [-0.2, 0) is 0 Å². The number of hydrogen-bond acceptors (Lipinski definition) is 2. The van der Waals surface area contributed by atoms with E-state index in [-0.39, 0.29) is 21.8 Å². The van der Waals surface area contributed by atoms with Crippen LogP contribution in [0.2, 0.25) is 5.02 Å². The predicted octanol–water partition coefficient (Wildman–Crippen LogP) is 4.19. The summed E-state index contributed by atoms with van der Waals surface area (Å²) in [6.07, 6.45) is 0. The molecule has 0 radical (unpaired) electrons. The monoisotopic (exact) mass is 371 g/mol. The molecule has 0 aliphatic carbocycles. The van der Waals surface area contributed by atoms with Crippen molar-refractivity contribution in [3.63, 3.8) is 0 Å². The molecule has 0 heterocycles. The summed E-state index contributed by atoms with van der Waals surface area (Å²) < 4.78 is 13.5. The Hall–Kier alpha value is -1.92. The van der Waals surface area contributed by atoms with Crippen LogP contribution < -0.4 is 5.32 Å². The van der Waals surface area contributed by atoms with E-state index < -0.39 is 17.7 Å². The van der Waals surface area contributed by atoms with Gasteiger partial charge in [0.1, 0.15) is 5.82 Å². The van der Waals surface area contributed by atoms with Gasteiger partial charge in [-0.25, -0.2) is 9.18 Å². The highest BCUT2D eigenvalue weighted by atomic mass is 79.9. The zero-order valence-corrected chi connectivity index (χ0v) is 12.7. The van der Waals surface area contributed by atoms with Gasteiger partial charge in [0.15, 0.2) is 0 Å². The Morgan fingerprint density at radius 2 is 1.86 bits per heavy atom. The third-order valence-electron chi connectivity index (χ3n) is 2.64. The molecular weight excluding hydrogens is 365 g/mol. The fourth-order valence-corrected chi connectivity index (χ4v) is 2.28. The van der Waals surface area contributed by atoms with Gasteiger partial charge in [-0.05, 0) is 36.4 Å². The zero-order chi connectivity index (χ0) is 15.6. The zero-order valence-electron chi connectivity index (χ0n) is 10.4. The van der Waals surface area contributed by atoms with Crippen molar-refractivity contribution in [2.24, 2.45) is 0 Å². The molecule has 0 aliphatic rings. The van der Waals surface area contributed by atoms with Crippen LogP contribution in [0.1, 0.15) is 20.7 Å². The summed E-state index contributed by atoms with van der Waals surface area (Å²) in [6, 6.07) is 7.74. The second kappa shape index (κ2) is 6.24. The van der Waals surface area contributed by atoms with Crippen LogP contribution in [0.4, 0.5) is 10.1 Å². The number of amides is 1. The Balaban J connectivity index is 2.34. The van der Waals surface area contributed by atoms with Crippen LogP contribution in [0.15, 0.2) is 40.9 Å². The molecule has 4 nitrogen and oxygen atoms in total. The molecule has 0 aromatic heterocycles. The number of rotatable bonds is 3. The lowest BCUT2D eigenvalue weighted by Gasteiger charge is -2.10. The molecule has 7 heteroatoms. The summed E-state index contributed by atoms with van der Waals surface area (Å²) in [5.41, 5.74) is 0.101. The maximum absolute atomic E-state index is 13.0. The Labute approximate surface area is 132 Å². The fourth-order valence-electron chi connectivity index (χ4n) is 1.67. The molecule has 21 heavy (non-hydrogen) atoms. The molecule has 0 saturated heterocycles. The number of carboxylic acids is 1. The van der Waals surface area contributed by atoms with Crippen molar-refractivity contribution in [1.29, 1.82) is 0 Å². The molecular formula is C14H8BrClFNO3. The minimum Gasteiger partial charge on any atom is -0.478 e. The van der Waals surface area contributed by atoms with E-state index in [4.69, 9.17) is 16.7 Å². The largest absolute Gasteiger partial charge is 0.478 e. The first kappa shape index (κ1) is 15.5. The summed E-state index contributed by atoms with van der Waals surface area (Å²) in [5, 5.41) is 11.5. The topological polar surface area (TPSA) is 66.4 Å². The first-order valence-electron chi connectivity index (χ1n) is 5.67. The lowest BCUT2D eigenvalue weighted by Crippen LogP contribution is -2.15. The van der Waals surface area contributed by atoms with E-state index in [1.807, 2.05) is 0 Å². The van der Waals surface area contributed by atoms with Gasteiger partial charge in [-0.1, -0.05) is 27.5 Å². The van der Waals surface area contributed by atoms with E-state index in [1.165, 1.54) is 18.2 Å². The third-order valence-corrected chi connectivity index (χ3v) is 3.44. The summed E-state index contributed by atoms with van der Waals surface area (Å²) in [4.78, 5) is 23.2. The SMILES string of the molecule is O=C(Nc1ccc(Br)cc1C(=O)O)c1ccc(F)cc1Cl. The molecule has 0 unspecified atom stereocenters. The van der Waals surface area contributed by atoms with Gasteiger partial charge in [0.2, 0.25) is 0 Å². The van der Waals surface area contributed by atoms with Crippen molar-refractivity contribution in [1.82, 2.24) is 0 Å². The molecule has 108 valence electrons. The average Bonchev–Trinajstić information content (AvgIpc) is 2.40. The van der Waals surface area contributed by atoms with Gasteiger partial charge in [-0.3, -0.25) is 4.79 Å². The standard InChI is InChI=1S/C14H8BrClFNO3/c15-7-1-4-12(10(5-7)14(20)21)18-13(19)9-3-2-8(17)6-11(9)16/h1-6H,(H,18,19)(H,20,21). The Morgan fingerprint density at radius 3 is 2.48 bits per heavy atom. The van der Waals surface area contributed by atoms with Gasteiger partial charge in [0.25, 0.3) is 5.91 Å². The highest BCUT2D eigenvalue weighted by Gasteiger charge is 2.16. The average molecular weight is 373 g/mol. The third kappa shape index (κ3) is 3.59. The molecule has 0 fully saturated rings. The van der Waals surface area contributed by atoms with Crippen molar-refractivity contribution in [3.05, 3.63) is 62.8 Å². The molecule has 2 rings (SSSR count). The second-order valence-electron chi connectivity index (χ2n) is 4.07. The maximum atomic E-state index is 13.0.